The fourth-order valence-electron chi connectivity index (χ4n) is 0. The molecule has 0 heterocycles. The van der Waals surface area contributed by atoms with Crippen molar-refractivity contribution in [2.45, 2.75) is 0 Å². The van der Waals surface area contributed by atoms with E-state index >= 15 is 0 Å². The van der Waals surface area contributed by atoms with E-state index in [2.05, 4.69) is 0 Å². The van der Waals surface area contributed by atoms with Gasteiger partial charge in [0.1, 0.15) is 0 Å². The fourth-order valence-corrected chi connectivity index (χ4v) is 0. The van der Waals surface area contributed by atoms with Crippen LogP contribution in [0.3, 0.4) is 0 Å². The first-order chi connectivity index (χ1) is 0. The predicted octanol–water partition coefficient (Wildman–Crippen LogP) is -6.22. The van der Waals surface area contributed by atoms with E-state index in [0.29, 0.717) is 0 Å². The third-order valence-corrected chi connectivity index (χ3v) is 0. The third-order valence-electron chi connectivity index (χ3n) is 0. The Kier molecular flexibility index (Phi) is 254. The van der Waals surface area contributed by atoms with E-state index < -0.39 is 0 Å². The zero-order valence-electron chi connectivity index (χ0n) is 1.87. The van der Waals surface area contributed by atoms with Crippen LogP contribution in [0.25, 0.3) is 0 Å². The smallest absolute Gasteiger partial charge is 1.00 e. The van der Waals surface area contributed by atoms with Crippen LogP contribution in [0.2, 0.25) is 0 Å². The molecule has 0 aliphatic heterocycles. The standard InChI is InChI=1S/2BrH.FH.Mg/h3*1H;/q;;;+2/p-2. The van der Waals surface area contributed by atoms with Crippen molar-refractivity contribution in [2.24, 2.45) is 0 Å². The van der Waals surface area contributed by atoms with Gasteiger partial charge in [0.15, 0.2) is 0 Å². The average molecular weight is 204 g/mol. The van der Waals surface area contributed by atoms with Gasteiger partial charge in [-0.25, -0.2) is 0 Å². The Balaban J connectivity index is 0. The van der Waals surface area contributed by atoms with Gasteiger partial charge in [-0.15, -0.1) is 0 Å². The van der Waals surface area contributed by atoms with Crippen molar-refractivity contribution in [1.82, 2.24) is 0 Å². The Labute approximate surface area is 61.4 Å². The summed E-state index contributed by atoms with van der Waals surface area (Å²) in [4.78, 5) is 0. The van der Waals surface area contributed by atoms with Crippen LogP contribution in [-0.2, 0) is 0 Å². The minimum absolute atomic E-state index is 0. The zero-order chi connectivity index (χ0) is 0. The van der Waals surface area contributed by atoms with Gasteiger partial charge in [0.05, 0.1) is 0 Å². The second-order valence-electron chi connectivity index (χ2n) is 0. The Morgan fingerprint density at radius 3 is 0.750 bits per heavy atom. The van der Waals surface area contributed by atoms with Gasteiger partial charge >= 0.3 is 23.1 Å². The molecule has 0 aromatic carbocycles. The minimum atomic E-state index is 0. The van der Waals surface area contributed by atoms with Gasteiger partial charge in [-0.2, -0.15) is 0 Å². The summed E-state index contributed by atoms with van der Waals surface area (Å²) in [6.07, 6.45) is 0. The minimum Gasteiger partial charge on any atom is -1.00 e. The van der Waals surface area contributed by atoms with Crippen LogP contribution in [0.1, 0.15) is 0 Å². The zero-order valence-corrected chi connectivity index (χ0v) is 6.46. The Bertz CT molecular complexity index is 6.00. The van der Waals surface area contributed by atoms with E-state index in [9.17, 15) is 0 Å². The Morgan fingerprint density at radius 1 is 0.750 bits per heavy atom. The molecule has 4 heteroatoms. The van der Waals surface area contributed by atoms with Crippen LogP contribution in [0.4, 0.5) is 4.70 Å². The number of hydrogen-bond acceptors (Lipinski definition) is 0. The van der Waals surface area contributed by atoms with Crippen LogP contribution < -0.4 is 34.0 Å². The maximum Gasteiger partial charge on any atom is 2.00 e. The molecule has 0 rings (SSSR count). The number of rotatable bonds is 0. The molecule has 0 radical (unpaired) electrons. The van der Waals surface area contributed by atoms with Crippen LogP contribution in [-0.4, -0.2) is 23.1 Å². The summed E-state index contributed by atoms with van der Waals surface area (Å²) in [5.41, 5.74) is 0. The molecular weight excluding hydrogens is 203 g/mol. The maximum atomic E-state index is 0. The molecule has 0 saturated heterocycles. The van der Waals surface area contributed by atoms with Gasteiger partial charge in [-0.1, -0.05) is 0 Å². The van der Waals surface area contributed by atoms with Crippen molar-refractivity contribution >= 4 is 23.1 Å². The molecule has 0 amide bonds. The molecule has 0 aromatic rings. The normalized spacial score (nSPS) is 0. The van der Waals surface area contributed by atoms with Crippen molar-refractivity contribution in [3.8, 4) is 0 Å². The van der Waals surface area contributed by atoms with Crippen LogP contribution in [0.5, 0.6) is 0 Å². The van der Waals surface area contributed by atoms with Crippen molar-refractivity contribution in [2.75, 3.05) is 0 Å². The number of hydrogen-bond donors (Lipinski definition) is 0. The van der Waals surface area contributed by atoms with Gasteiger partial charge in [0, 0.05) is 0 Å². The van der Waals surface area contributed by atoms with Gasteiger partial charge < -0.3 is 34.0 Å². The van der Waals surface area contributed by atoms with E-state index in [4.69, 9.17) is 0 Å². The van der Waals surface area contributed by atoms with E-state index in [-0.39, 0.29) is 61.7 Å². The largest absolute Gasteiger partial charge is 2.00 e. The molecule has 0 nitrogen and oxygen atoms in total. The van der Waals surface area contributed by atoms with E-state index in [1.54, 1.807) is 0 Å². The van der Waals surface area contributed by atoms with Gasteiger partial charge in [-0.3, -0.25) is 4.70 Å². The fraction of sp³-hybridized carbons (Fsp3) is 0. The van der Waals surface area contributed by atoms with Gasteiger partial charge in [-0.05, 0) is 0 Å². The van der Waals surface area contributed by atoms with Crippen LogP contribution in [0.15, 0.2) is 0 Å². The van der Waals surface area contributed by atoms with Gasteiger partial charge in [0.25, 0.3) is 0 Å². The number of halogens is 3. The molecule has 4 heavy (non-hydrogen) atoms. The molecule has 0 aliphatic carbocycles. The van der Waals surface area contributed by atoms with Crippen molar-refractivity contribution in [1.29, 1.82) is 0 Å². The van der Waals surface area contributed by atoms with Crippen molar-refractivity contribution in [3.05, 3.63) is 0 Å². The van der Waals surface area contributed by atoms with E-state index in [0.717, 1.165) is 0 Å². The molecule has 0 spiro atoms. The Morgan fingerprint density at radius 2 is 0.750 bits per heavy atom. The SMILES string of the molecule is F.[Br-].[Br-].[Mg+2]. The molecule has 0 N–H and O–H groups in total. The summed E-state index contributed by atoms with van der Waals surface area (Å²) < 4.78 is 0. The first-order valence-electron chi connectivity index (χ1n) is 0. The molecular formula is HBr2FMg. The third kappa shape index (κ3) is 9.40. The summed E-state index contributed by atoms with van der Waals surface area (Å²) in [5, 5.41) is 0. The first kappa shape index (κ1) is 44.7. The maximum absolute atomic E-state index is 0. The van der Waals surface area contributed by atoms with E-state index in [1.807, 2.05) is 0 Å². The molecule has 24 valence electrons. The summed E-state index contributed by atoms with van der Waals surface area (Å²) >= 11 is 0. The summed E-state index contributed by atoms with van der Waals surface area (Å²) in [7, 11) is 0. The quantitative estimate of drug-likeness (QED) is 0.344. The molecule has 0 fully saturated rings. The molecule has 0 aromatic heterocycles. The van der Waals surface area contributed by atoms with Gasteiger partial charge in [0.2, 0.25) is 0 Å². The summed E-state index contributed by atoms with van der Waals surface area (Å²) in [5.74, 6) is 0. The summed E-state index contributed by atoms with van der Waals surface area (Å²) in [6, 6.07) is 0. The van der Waals surface area contributed by atoms with Crippen molar-refractivity contribution in [3.63, 3.8) is 0 Å². The van der Waals surface area contributed by atoms with E-state index in [1.165, 1.54) is 0 Å². The summed E-state index contributed by atoms with van der Waals surface area (Å²) in [6.45, 7) is 0. The second kappa shape index (κ2) is 22.7. The van der Waals surface area contributed by atoms with Crippen LogP contribution >= 0.6 is 0 Å². The molecule has 0 aliphatic rings. The second-order valence-corrected chi connectivity index (χ2v) is 0. The topological polar surface area (TPSA) is 0 Å². The Hall–Kier alpha value is 1.66. The first-order valence-corrected chi connectivity index (χ1v) is 0. The molecule has 0 bridgehead atoms. The van der Waals surface area contributed by atoms with Crippen LogP contribution in [0, 0.1) is 0 Å². The predicted molar refractivity (Wildman–Crippen MR) is 8.26 cm³/mol. The average Bonchev–Trinajstić information content (AvgIpc) is 0. The molecule has 0 unspecified atom stereocenters. The molecule has 0 saturated carbocycles. The van der Waals surface area contributed by atoms with Crippen molar-refractivity contribution < 1.29 is 38.7 Å². The monoisotopic (exact) mass is 202 g/mol. The molecule has 0 atom stereocenters.